The average molecular weight is 187 g/mol. The lowest BCUT2D eigenvalue weighted by atomic mass is 10.1. The zero-order valence-electron chi connectivity index (χ0n) is 7.73. The third kappa shape index (κ3) is 1.06. The molecule has 0 N–H and O–H groups in total. The van der Waals surface area contributed by atoms with Crippen molar-refractivity contribution in [1.82, 2.24) is 4.90 Å². The summed E-state index contributed by atoms with van der Waals surface area (Å²) in [5.41, 5.74) is 0.964. The van der Waals surface area contributed by atoms with Crippen LogP contribution in [0.1, 0.15) is 27.6 Å². The van der Waals surface area contributed by atoms with Crippen molar-refractivity contribution in [3.63, 3.8) is 0 Å². The number of allylic oxidation sites excluding steroid dienone is 1. The van der Waals surface area contributed by atoms with Crippen LogP contribution >= 0.6 is 0 Å². The van der Waals surface area contributed by atoms with Gasteiger partial charge in [-0.3, -0.25) is 9.59 Å². The number of rotatable bonds is 1. The van der Waals surface area contributed by atoms with Gasteiger partial charge in [0.25, 0.3) is 11.8 Å². The van der Waals surface area contributed by atoms with E-state index < -0.39 is 0 Å². The number of imide groups is 1. The lowest BCUT2D eigenvalue weighted by Crippen LogP contribution is -2.23. The summed E-state index contributed by atoms with van der Waals surface area (Å²) in [7, 11) is 0. The molecule has 1 aliphatic heterocycles. The highest BCUT2D eigenvalue weighted by Crippen LogP contribution is 2.22. The van der Waals surface area contributed by atoms with Gasteiger partial charge < -0.3 is 0 Å². The normalized spacial score (nSPS) is 15.4. The second-order valence-electron chi connectivity index (χ2n) is 3.01. The first-order valence-electron chi connectivity index (χ1n) is 4.35. The van der Waals surface area contributed by atoms with Crippen molar-refractivity contribution >= 4 is 11.8 Å². The van der Waals surface area contributed by atoms with Gasteiger partial charge in [0.15, 0.2) is 0 Å². The zero-order chi connectivity index (χ0) is 10.1. The minimum atomic E-state index is -0.247. The fraction of sp³-hybridized carbons (Fsp3) is 0.0909. The molecular formula is C11H9NO2. The molecular weight excluding hydrogens is 178 g/mol. The molecule has 0 fully saturated rings. The standard InChI is InChI=1S/C11H9NO2/c1-2-7-12-10(13)8-5-3-4-6-9(8)11(12)14/h2-7H,1H3. The van der Waals surface area contributed by atoms with Gasteiger partial charge in [-0.1, -0.05) is 18.2 Å². The van der Waals surface area contributed by atoms with Gasteiger partial charge in [0.2, 0.25) is 0 Å². The summed E-state index contributed by atoms with van der Waals surface area (Å²) in [6.07, 6.45) is 3.16. The van der Waals surface area contributed by atoms with E-state index in [-0.39, 0.29) is 11.8 Å². The molecule has 0 spiro atoms. The summed E-state index contributed by atoms with van der Waals surface area (Å²) in [5, 5.41) is 0. The topological polar surface area (TPSA) is 37.4 Å². The first-order chi connectivity index (χ1) is 6.75. The number of carbonyl (C=O) groups excluding carboxylic acids is 2. The molecule has 2 amide bonds. The maximum Gasteiger partial charge on any atom is 0.265 e. The summed E-state index contributed by atoms with van der Waals surface area (Å²) in [5.74, 6) is -0.493. The van der Waals surface area contributed by atoms with Crippen LogP contribution in [0.3, 0.4) is 0 Å². The van der Waals surface area contributed by atoms with Crippen LogP contribution in [0.5, 0.6) is 0 Å². The Balaban J connectivity index is 2.53. The van der Waals surface area contributed by atoms with Crippen LogP contribution in [-0.4, -0.2) is 16.7 Å². The van der Waals surface area contributed by atoms with Crippen LogP contribution in [0.15, 0.2) is 36.5 Å². The molecule has 0 radical (unpaired) electrons. The minimum Gasteiger partial charge on any atom is -0.268 e. The number of carbonyl (C=O) groups is 2. The molecule has 0 bridgehead atoms. The van der Waals surface area contributed by atoms with Crippen LogP contribution in [-0.2, 0) is 0 Å². The van der Waals surface area contributed by atoms with Gasteiger partial charge in [-0.25, -0.2) is 4.90 Å². The van der Waals surface area contributed by atoms with Crippen molar-refractivity contribution in [3.05, 3.63) is 47.7 Å². The third-order valence-corrected chi connectivity index (χ3v) is 2.12. The maximum absolute atomic E-state index is 11.7. The van der Waals surface area contributed by atoms with Gasteiger partial charge in [0, 0.05) is 6.20 Å². The van der Waals surface area contributed by atoms with Crippen molar-refractivity contribution < 1.29 is 9.59 Å². The van der Waals surface area contributed by atoms with Gasteiger partial charge in [-0.15, -0.1) is 0 Å². The van der Waals surface area contributed by atoms with Crippen LogP contribution in [0.4, 0.5) is 0 Å². The Hall–Kier alpha value is -1.90. The zero-order valence-corrected chi connectivity index (χ0v) is 7.73. The summed E-state index contributed by atoms with van der Waals surface area (Å²) in [6.45, 7) is 1.77. The van der Waals surface area contributed by atoms with E-state index in [1.807, 2.05) is 0 Å². The Bertz CT molecular complexity index is 400. The van der Waals surface area contributed by atoms with E-state index in [4.69, 9.17) is 0 Å². The number of fused-ring (bicyclic) bond motifs is 1. The van der Waals surface area contributed by atoms with E-state index in [0.29, 0.717) is 11.1 Å². The van der Waals surface area contributed by atoms with E-state index in [1.165, 1.54) is 6.20 Å². The van der Waals surface area contributed by atoms with Crippen LogP contribution in [0.2, 0.25) is 0 Å². The predicted octanol–water partition coefficient (Wildman–Crippen LogP) is 1.82. The Morgan fingerprint density at radius 1 is 1.07 bits per heavy atom. The molecule has 1 aromatic rings. The number of benzene rings is 1. The molecule has 0 aromatic heterocycles. The molecule has 0 unspecified atom stereocenters. The lowest BCUT2D eigenvalue weighted by Gasteiger charge is -2.05. The SMILES string of the molecule is CC=CN1C(=O)c2ccccc2C1=O. The highest BCUT2D eigenvalue weighted by Gasteiger charge is 2.33. The largest absolute Gasteiger partial charge is 0.268 e. The molecule has 2 rings (SSSR count). The lowest BCUT2D eigenvalue weighted by molar-refractivity contribution is 0.0721. The number of amides is 2. The fourth-order valence-electron chi connectivity index (χ4n) is 1.49. The van der Waals surface area contributed by atoms with Crippen molar-refractivity contribution in [2.45, 2.75) is 6.92 Å². The highest BCUT2D eigenvalue weighted by molar-refractivity contribution is 6.21. The fourth-order valence-corrected chi connectivity index (χ4v) is 1.49. The minimum absolute atomic E-state index is 0.247. The monoisotopic (exact) mass is 187 g/mol. The molecule has 1 aliphatic rings. The van der Waals surface area contributed by atoms with E-state index in [0.717, 1.165) is 4.90 Å². The number of hydrogen-bond acceptors (Lipinski definition) is 2. The molecule has 3 nitrogen and oxygen atoms in total. The van der Waals surface area contributed by atoms with E-state index in [2.05, 4.69) is 0 Å². The second-order valence-corrected chi connectivity index (χ2v) is 3.01. The Labute approximate surface area is 81.6 Å². The molecule has 0 atom stereocenters. The van der Waals surface area contributed by atoms with Gasteiger partial charge in [-0.2, -0.15) is 0 Å². The number of nitrogens with zero attached hydrogens (tertiary/aromatic N) is 1. The predicted molar refractivity (Wildman–Crippen MR) is 51.8 cm³/mol. The molecule has 14 heavy (non-hydrogen) atoms. The summed E-state index contributed by atoms with van der Waals surface area (Å²) < 4.78 is 0. The van der Waals surface area contributed by atoms with Crippen LogP contribution in [0.25, 0.3) is 0 Å². The van der Waals surface area contributed by atoms with E-state index in [1.54, 1.807) is 37.3 Å². The molecule has 1 aromatic carbocycles. The van der Waals surface area contributed by atoms with Gasteiger partial charge in [0.05, 0.1) is 11.1 Å². The third-order valence-electron chi connectivity index (χ3n) is 2.12. The Kier molecular flexibility index (Phi) is 1.93. The van der Waals surface area contributed by atoms with Crippen LogP contribution in [0, 0.1) is 0 Å². The first kappa shape index (κ1) is 8.69. The maximum atomic E-state index is 11.7. The Morgan fingerprint density at radius 3 is 2.00 bits per heavy atom. The smallest absolute Gasteiger partial charge is 0.265 e. The van der Waals surface area contributed by atoms with Gasteiger partial charge in [-0.05, 0) is 19.1 Å². The average Bonchev–Trinajstić information content (AvgIpc) is 2.45. The summed E-state index contributed by atoms with van der Waals surface area (Å²) in [4.78, 5) is 24.4. The van der Waals surface area contributed by atoms with E-state index >= 15 is 0 Å². The molecule has 70 valence electrons. The van der Waals surface area contributed by atoms with Gasteiger partial charge >= 0.3 is 0 Å². The number of hydrogen-bond donors (Lipinski definition) is 0. The summed E-state index contributed by atoms with van der Waals surface area (Å²) >= 11 is 0. The molecule has 0 aliphatic carbocycles. The molecule has 3 heteroatoms. The van der Waals surface area contributed by atoms with Crippen LogP contribution < -0.4 is 0 Å². The molecule has 0 saturated heterocycles. The molecule has 0 saturated carbocycles. The van der Waals surface area contributed by atoms with E-state index in [9.17, 15) is 9.59 Å². The van der Waals surface area contributed by atoms with Crippen molar-refractivity contribution in [3.8, 4) is 0 Å². The molecule has 1 heterocycles. The highest BCUT2D eigenvalue weighted by atomic mass is 16.2. The summed E-state index contributed by atoms with van der Waals surface area (Å²) in [6, 6.07) is 6.84. The van der Waals surface area contributed by atoms with Crippen molar-refractivity contribution in [2.24, 2.45) is 0 Å². The Morgan fingerprint density at radius 2 is 1.57 bits per heavy atom. The van der Waals surface area contributed by atoms with Crippen molar-refractivity contribution in [2.75, 3.05) is 0 Å². The van der Waals surface area contributed by atoms with Crippen molar-refractivity contribution in [1.29, 1.82) is 0 Å². The van der Waals surface area contributed by atoms with Gasteiger partial charge in [0.1, 0.15) is 0 Å². The first-order valence-corrected chi connectivity index (χ1v) is 4.35. The quantitative estimate of drug-likeness (QED) is 0.629. The second kappa shape index (κ2) is 3.10.